The van der Waals surface area contributed by atoms with Crippen LogP contribution in [0.4, 0.5) is 0 Å². The molecule has 1 aliphatic rings. The van der Waals surface area contributed by atoms with E-state index in [-0.39, 0.29) is 10.8 Å². The van der Waals surface area contributed by atoms with Crippen LogP contribution in [0.2, 0.25) is 0 Å². The van der Waals surface area contributed by atoms with Crippen LogP contribution < -0.4 is 0 Å². The molecule has 1 heterocycles. The Morgan fingerprint density at radius 3 is 2.67 bits per heavy atom. The molecule has 98 valence electrons. The standard InChI is InChI=1S/C13H16O4S/c14-13(15)12-4-2-1-3-10(12)9-18(16)11-5-7-17-8-6-11/h1-4,11H,5-9H2,(H,14,15). The van der Waals surface area contributed by atoms with Gasteiger partial charge >= 0.3 is 5.97 Å². The van der Waals surface area contributed by atoms with E-state index in [2.05, 4.69) is 0 Å². The molecule has 0 bridgehead atoms. The minimum absolute atomic E-state index is 0.126. The first kappa shape index (κ1) is 13.2. The molecule has 1 N–H and O–H groups in total. The van der Waals surface area contributed by atoms with Crippen LogP contribution in [0.25, 0.3) is 0 Å². The molecule has 0 saturated carbocycles. The van der Waals surface area contributed by atoms with Gasteiger partial charge in [0.05, 0.1) is 5.56 Å². The van der Waals surface area contributed by atoms with Crippen molar-refractivity contribution < 1.29 is 18.8 Å². The maximum atomic E-state index is 12.2. The van der Waals surface area contributed by atoms with Gasteiger partial charge in [0, 0.05) is 35.0 Å². The van der Waals surface area contributed by atoms with E-state index < -0.39 is 16.8 Å². The minimum Gasteiger partial charge on any atom is -0.478 e. The molecule has 1 aromatic rings. The van der Waals surface area contributed by atoms with Gasteiger partial charge in [-0.1, -0.05) is 18.2 Å². The molecule has 1 atom stereocenters. The molecule has 1 saturated heterocycles. The Kier molecular flexibility index (Phi) is 4.49. The van der Waals surface area contributed by atoms with Crippen molar-refractivity contribution >= 4 is 16.8 Å². The molecule has 0 radical (unpaired) electrons. The van der Waals surface area contributed by atoms with Crippen molar-refractivity contribution in [1.82, 2.24) is 0 Å². The number of carbonyl (C=O) groups is 1. The van der Waals surface area contributed by atoms with Gasteiger partial charge < -0.3 is 9.84 Å². The molecule has 0 aliphatic carbocycles. The third-order valence-corrected chi connectivity index (χ3v) is 4.90. The maximum Gasteiger partial charge on any atom is 0.335 e. The molecule has 1 aliphatic heterocycles. The molecule has 0 spiro atoms. The summed E-state index contributed by atoms with van der Waals surface area (Å²) in [5, 5.41) is 9.20. The lowest BCUT2D eigenvalue weighted by atomic mass is 10.1. The van der Waals surface area contributed by atoms with Crippen molar-refractivity contribution in [3.8, 4) is 0 Å². The van der Waals surface area contributed by atoms with Crippen molar-refractivity contribution in [2.24, 2.45) is 0 Å². The van der Waals surface area contributed by atoms with Gasteiger partial charge in [0.1, 0.15) is 0 Å². The summed E-state index contributed by atoms with van der Waals surface area (Å²) < 4.78 is 17.4. The van der Waals surface area contributed by atoms with E-state index in [1.165, 1.54) is 0 Å². The van der Waals surface area contributed by atoms with Crippen LogP contribution >= 0.6 is 0 Å². The molecule has 1 aromatic carbocycles. The Bertz CT molecular complexity index is 452. The zero-order valence-corrected chi connectivity index (χ0v) is 10.8. The highest BCUT2D eigenvalue weighted by molar-refractivity contribution is 7.84. The highest BCUT2D eigenvalue weighted by Crippen LogP contribution is 2.18. The normalized spacial score (nSPS) is 18.4. The quantitative estimate of drug-likeness (QED) is 0.904. The van der Waals surface area contributed by atoms with E-state index in [1.54, 1.807) is 24.3 Å². The van der Waals surface area contributed by atoms with Crippen molar-refractivity contribution in [2.75, 3.05) is 13.2 Å². The van der Waals surface area contributed by atoms with Gasteiger partial charge in [0.25, 0.3) is 0 Å². The fourth-order valence-corrected chi connectivity index (χ4v) is 3.58. The number of hydrogen-bond donors (Lipinski definition) is 1. The second-order valence-corrected chi connectivity index (χ2v) is 6.02. The van der Waals surface area contributed by atoms with Gasteiger partial charge in [-0.05, 0) is 24.5 Å². The second-order valence-electron chi connectivity index (χ2n) is 4.30. The molecule has 1 unspecified atom stereocenters. The molecular weight excluding hydrogens is 252 g/mol. The van der Waals surface area contributed by atoms with Crippen LogP contribution in [-0.4, -0.2) is 33.7 Å². The zero-order chi connectivity index (χ0) is 13.0. The smallest absolute Gasteiger partial charge is 0.335 e. The van der Waals surface area contributed by atoms with E-state index in [1.807, 2.05) is 0 Å². The predicted molar refractivity (Wildman–Crippen MR) is 69.1 cm³/mol. The van der Waals surface area contributed by atoms with E-state index in [0.717, 1.165) is 12.8 Å². The lowest BCUT2D eigenvalue weighted by Crippen LogP contribution is -2.26. The number of aromatic carboxylic acids is 1. The molecule has 0 aromatic heterocycles. The Balaban J connectivity index is 2.08. The Labute approximate surface area is 108 Å². The number of carboxylic acids is 1. The molecule has 5 heteroatoms. The van der Waals surface area contributed by atoms with E-state index in [9.17, 15) is 9.00 Å². The average molecular weight is 268 g/mol. The van der Waals surface area contributed by atoms with Gasteiger partial charge in [-0.3, -0.25) is 4.21 Å². The Morgan fingerprint density at radius 1 is 1.33 bits per heavy atom. The lowest BCUT2D eigenvalue weighted by Gasteiger charge is -2.21. The van der Waals surface area contributed by atoms with Crippen LogP contribution in [0.1, 0.15) is 28.8 Å². The van der Waals surface area contributed by atoms with Gasteiger partial charge in [-0.25, -0.2) is 4.79 Å². The topological polar surface area (TPSA) is 63.6 Å². The van der Waals surface area contributed by atoms with Gasteiger partial charge in [-0.15, -0.1) is 0 Å². The fourth-order valence-electron chi connectivity index (χ4n) is 2.06. The van der Waals surface area contributed by atoms with Gasteiger partial charge in [-0.2, -0.15) is 0 Å². The van der Waals surface area contributed by atoms with E-state index in [4.69, 9.17) is 9.84 Å². The lowest BCUT2D eigenvalue weighted by molar-refractivity contribution is 0.0696. The third kappa shape index (κ3) is 3.17. The highest BCUT2D eigenvalue weighted by Gasteiger charge is 2.21. The summed E-state index contributed by atoms with van der Waals surface area (Å²) in [6, 6.07) is 6.76. The molecule has 1 fully saturated rings. The summed E-state index contributed by atoms with van der Waals surface area (Å²) in [7, 11) is -1.03. The summed E-state index contributed by atoms with van der Waals surface area (Å²) in [5.74, 6) is -0.651. The van der Waals surface area contributed by atoms with Crippen LogP contribution in [0.15, 0.2) is 24.3 Å². The first-order valence-electron chi connectivity index (χ1n) is 5.94. The van der Waals surface area contributed by atoms with Crippen LogP contribution in [-0.2, 0) is 21.3 Å². The van der Waals surface area contributed by atoms with Crippen LogP contribution in [0.5, 0.6) is 0 Å². The number of benzene rings is 1. The first-order chi connectivity index (χ1) is 8.68. The van der Waals surface area contributed by atoms with Gasteiger partial charge in [0.15, 0.2) is 0 Å². The molecular formula is C13H16O4S. The van der Waals surface area contributed by atoms with Crippen molar-refractivity contribution in [2.45, 2.75) is 23.8 Å². The van der Waals surface area contributed by atoms with Crippen molar-refractivity contribution in [3.63, 3.8) is 0 Å². The Hall–Kier alpha value is -1.20. The van der Waals surface area contributed by atoms with Gasteiger partial charge in [0.2, 0.25) is 0 Å². The van der Waals surface area contributed by atoms with E-state index in [0.29, 0.717) is 24.5 Å². The molecule has 2 rings (SSSR count). The second kappa shape index (κ2) is 6.11. The number of hydrogen-bond acceptors (Lipinski definition) is 3. The monoisotopic (exact) mass is 268 g/mol. The summed E-state index contributed by atoms with van der Waals surface area (Å²) in [6.45, 7) is 1.30. The van der Waals surface area contributed by atoms with Crippen LogP contribution in [0.3, 0.4) is 0 Å². The van der Waals surface area contributed by atoms with Crippen molar-refractivity contribution in [3.05, 3.63) is 35.4 Å². The largest absolute Gasteiger partial charge is 0.478 e. The summed E-state index contributed by atoms with van der Waals surface area (Å²) >= 11 is 0. The van der Waals surface area contributed by atoms with Crippen molar-refractivity contribution in [1.29, 1.82) is 0 Å². The van der Waals surface area contributed by atoms with Crippen LogP contribution in [0, 0.1) is 0 Å². The average Bonchev–Trinajstić information content (AvgIpc) is 2.40. The maximum absolute atomic E-state index is 12.2. The summed E-state index contributed by atoms with van der Waals surface area (Å²) in [6.07, 6.45) is 1.59. The fraction of sp³-hybridized carbons (Fsp3) is 0.462. The van der Waals surface area contributed by atoms with E-state index >= 15 is 0 Å². The first-order valence-corrected chi connectivity index (χ1v) is 7.33. The Morgan fingerprint density at radius 2 is 2.00 bits per heavy atom. The number of rotatable bonds is 4. The highest BCUT2D eigenvalue weighted by atomic mass is 32.2. The summed E-state index contributed by atoms with van der Waals surface area (Å²) in [4.78, 5) is 11.1. The molecule has 4 nitrogen and oxygen atoms in total. The zero-order valence-electron chi connectivity index (χ0n) is 10.0. The predicted octanol–water partition coefficient (Wildman–Crippen LogP) is 1.81. The number of carboxylic acid groups (broad SMARTS) is 1. The summed E-state index contributed by atoms with van der Waals surface area (Å²) in [5.41, 5.74) is 0.896. The minimum atomic E-state index is -1.03. The third-order valence-electron chi connectivity index (χ3n) is 3.09. The SMILES string of the molecule is O=C(O)c1ccccc1CS(=O)C1CCOCC1. The molecule has 0 amide bonds. The number of ether oxygens (including phenoxy) is 1. The molecule has 18 heavy (non-hydrogen) atoms.